The van der Waals surface area contributed by atoms with Gasteiger partial charge in [-0.3, -0.25) is 0 Å². The highest BCUT2D eigenvalue weighted by atomic mass is 35.5. The molecule has 1 aromatic heterocycles. The Morgan fingerprint density at radius 1 is 1.45 bits per heavy atom. The van der Waals surface area contributed by atoms with Crippen LogP contribution < -0.4 is 10.2 Å². The number of methoxy groups -OCH3 is 1. The smallest absolute Gasteiger partial charge is 0.128 e. The van der Waals surface area contributed by atoms with Gasteiger partial charge >= 0.3 is 0 Å². The van der Waals surface area contributed by atoms with E-state index in [1.54, 1.807) is 13.3 Å². The van der Waals surface area contributed by atoms with Gasteiger partial charge in [-0.25, -0.2) is 4.98 Å². The highest BCUT2D eigenvalue weighted by Crippen LogP contribution is 2.20. The number of nitrogens with zero attached hydrogens (tertiary/aromatic N) is 2. The Morgan fingerprint density at radius 3 is 2.85 bits per heavy atom. The van der Waals surface area contributed by atoms with Crippen molar-refractivity contribution in [2.45, 2.75) is 26.8 Å². The molecule has 5 heteroatoms. The molecule has 0 aliphatic heterocycles. The highest BCUT2D eigenvalue weighted by Gasteiger charge is 2.07. The lowest BCUT2D eigenvalue weighted by Crippen LogP contribution is -2.22. The van der Waals surface area contributed by atoms with Crippen LogP contribution in [-0.2, 0) is 11.3 Å². The van der Waals surface area contributed by atoms with Gasteiger partial charge in [0.15, 0.2) is 0 Å². The van der Waals surface area contributed by atoms with Crippen molar-refractivity contribution in [2.24, 2.45) is 5.92 Å². The Balaban J connectivity index is 2.60. The van der Waals surface area contributed by atoms with Crippen LogP contribution in [0.5, 0.6) is 0 Å². The van der Waals surface area contributed by atoms with Gasteiger partial charge in [0.1, 0.15) is 5.82 Å². The molecule has 4 nitrogen and oxygen atoms in total. The molecular weight excluding hydrogens is 274 g/mol. The minimum atomic E-state index is 0.631. The molecule has 114 valence electrons. The first kappa shape index (κ1) is 17.2. The predicted octanol–water partition coefficient (Wildman–Crippen LogP) is 2.95. The summed E-state index contributed by atoms with van der Waals surface area (Å²) in [7, 11) is 3.76. The highest BCUT2D eigenvalue weighted by molar-refractivity contribution is 6.31. The van der Waals surface area contributed by atoms with Gasteiger partial charge in [0.05, 0.1) is 5.02 Å². The van der Waals surface area contributed by atoms with Crippen molar-refractivity contribution < 1.29 is 4.74 Å². The molecule has 1 aromatic rings. The number of nitrogens with one attached hydrogen (secondary N) is 1. The van der Waals surface area contributed by atoms with Crippen molar-refractivity contribution in [1.82, 2.24) is 10.3 Å². The first-order chi connectivity index (χ1) is 9.54. The van der Waals surface area contributed by atoms with Crippen molar-refractivity contribution in [2.75, 3.05) is 38.8 Å². The minimum Gasteiger partial charge on any atom is -0.385 e. The molecule has 1 rings (SSSR count). The zero-order chi connectivity index (χ0) is 15.0. The summed E-state index contributed by atoms with van der Waals surface area (Å²) in [5.74, 6) is 1.58. The summed E-state index contributed by atoms with van der Waals surface area (Å²) in [6.07, 6.45) is 2.72. The largest absolute Gasteiger partial charge is 0.385 e. The Kier molecular flexibility index (Phi) is 7.88. The van der Waals surface area contributed by atoms with Crippen molar-refractivity contribution in [3.63, 3.8) is 0 Å². The van der Waals surface area contributed by atoms with E-state index in [4.69, 9.17) is 16.3 Å². The van der Waals surface area contributed by atoms with Gasteiger partial charge in [-0.05, 0) is 30.5 Å². The lowest BCUT2D eigenvalue weighted by molar-refractivity contribution is 0.196. The Hall–Kier alpha value is -0.840. The molecule has 0 aliphatic rings. The van der Waals surface area contributed by atoms with Crippen molar-refractivity contribution in [3.05, 3.63) is 22.8 Å². The second kappa shape index (κ2) is 9.16. The van der Waals surface area contributed by atoms with E-state index in [2.05, 4.69) is 35.1 Å². The molecule has 0 unspecified atom stereocenters. The fraction of sp³-hybridized carbons (Fsp3) is 0.667. The van der Waals surface area contributed by atoms with Gasteiger partial charge in [0.2, 0.25) is 0 Å². The number of ether oxygens (including phenoxy) is 1. The standard InChI is InChI=1S/C15H26ClN3O/c1-12(2)9-17-10-13-8-15(18-11-14(13)16)19(3)6-5-7-20-4/h8,11-12,17H,5-7,9-10H2,1-4H3. The van der Waals surface area contributed by atoms with Gasteiger partial charge in [0.25, 0.3) is 0 Å². The zero-order valence-corrected chi connectivity index (χ0v) is 13.7. The summed E-state index contributed by atoms with van der Waals surface area (Å²) in [5, 5.41) is 4.13. The summed E-state index contributed by atoms with van der Waals surface area (Å²) in [4.78, 5) is 6.51. The lowest BCUT2D eigenvalue weighted by Gasteiger charge is -2.19. The van der Waals surface area contributed by atoms with Crippen LogP contribution in [0.15, 0.2) is 12.3 Å². The normalized spacial score (nSPS) is 11.1. The van der Waals surface area contributed by atoms with Crippen LogP contribution in [0, 0.1) is 5.92 Å². The molecule has 0 amide bonds. The number of pyridine rings is 1. The van der Waals surface area contributed by atoms with E-state index in [0.717, 1.165) is 49.1 Å². The van der Waals surface area contributed by atoms with Gasteiger partial charge in [-0.15, -0.1) is 0 Å². The van der Waals surface area contributed by atoms with Crippen molar-refractivity contribution in [1.29, 1.82) is 0 Å². The summed E-state index contributed by atoms with van der Waals surface area (Å²) >= 11 is 6.20. The van der Waals surface area contributed by atoms with Crippen LogP contribution in [-0.4, -0.2) is 38.8 Å². The van der Waals surface area contributed by atoms with Crippen LogP contribution in [0.25, 0.3) is 0 Å². The monoisotopic (exact) mass is 299 g/mol. The van der Waals surface area contributed by atoms with Crippen LogP contribution in [0.2, 0.25) is 5.02 Å². The Morgan fingerprint density at radius 2 is 2.20 bits per heavy atom. The molecule has 1 N–H and O–H groups in total. The molecule has 20 heavy (non-hydrogen) atoms. The maximum absolute atomic E-state index is 6.20. The number of hydrogen-bond donors (Lipinski definition) is 1. The summed E-state index contributed by atoms with van der Waals surface area (Å²) < 4.78 is 5.07. The summed E-state index contributed by atoms with van der Waals surface area (Å²) in [6, 6.07) is 2.06. The maximum atomic E-state index is 6.20. The van der Waals surface area contributed by atoms with Crippen LogP contribution in [0.3, 0.4) is 0 Å². The van der Waals surface area contributed by atoms with Gasteiger partial charge in [-0.2, -0.15) is 0 Å². The molecule has 0 saturated heterocycles. The molecule has 0 aliphatic carbocycles. The third-order valence-corrected chi connectivity index (χ3v) is 3.36. The van der Waals surface area contributed by atoms with Crippen LogP contribution >= 0.6 is 11.6 Å². The molecule has 0 spiro atoms. The number of aromatic nitrogens is 1. The van der Waals surface area contributed by atoms with Crippen LogP contribution in [0.4, 0.5) is 5.82 Å². The lowest BCUT2D eigenvalue weighted by atomic mass is 10.2. The third kappa shape index (κ3) is 6.07. The SMILES string of the molecule is COCCCN(C)c1cc(CNCC(C)C)c(Cl)cn1. The molecular formula is C15H26ClN3O. The molecule has 0 fully saturated rings. The number of halogens is 1. The van der Waals surface area contributed by atoms with E-state index in [-0.39, 0.29) is 0 Å². The molecule has 1 heterocycles. The van der Waals surface area contributed by atoms with E-state index in [1.165, 1.54) is 0 Å². The second-order valence-electron chi connectivity index (χ2n) is 5.43. The fourth-order valence-electron chi connectivity index (χ4n) is 1.87. The van der Waals surface area contributed by atoms with Gasteiger partial charge in [0, 0.05) is 40.1 Å². The van der Waals surface area contributed by atoms with Gasteiger partial charge in [-0.1, -0.05) is 25.4 Å². The summed E-state index contributed by atoms with van der Waals surface area (Å²) in [6.45, 7) is 7.82. The molecule has 0 aromatic carbocycles. The number of hydrogen-bond acceptors (Lipinski definition) is 4. The zero-order valence-electron chi connectivity index (χ0n) is 12.9. The number of rotatable bonds is 9. The molecule has 0 atom stereocenters. The molecule has 0 bridgehead atoms. The van der Waals surface area contributed by atoms with E-state index in [0.29, 0.717) is 5.92 Å². The Bertz CT molecular complexity index is 399. The maximum Gasteiger partial charge on any atom is 0.128 e. The first-order valence-electron chi connectivity index (χ1n) is 7.09. The second-order valence-corrected chi connectivity index (χ2v) is 5.83. The summed E-state index contributed by atoms with van der Waals surface area (Å²) in [5.41, 5.74) is 1.09. The fourth-order valence-corrected chi connectivity index (χ4v) is 2.04. The molecule has 0 saturated carbocycles. The van der Waals surface area contributed by atoms with Crippen molar-refractivity contribution >= 4 is 17.4 Å². The minimum absolute atomic E-state index is 0.631. The van der Waals surface area contributed by atoms with Crippen LogP contribution in [0.1, 0.15) is 25.8 Å². The first-order valence-corrected chi connectivity index (χ1v) is 7.47. The third-order valence-electron chi connectivity index (χ3n) is 3.02. The van der Waals surface area contributed by atoms with Crippen molar-refractivity contribution in [3.8, 4) is 0 Å². The molecule has 0 radical (unpaired) electrons. The predicted molar refractivity (Wildman–Crippen MR) is 85.6 cm³/mol. The average molecular weight is 300 g/mol. The average Bonchev–Trinajstić information content (AvgIpc) is 2.40. The van der Waals surface area contributed by atoms with E-state index in [1.807, 2.05) is 7.05 Å². The Labute approximate surface area is 127 Å². The number of anilines is 1. The quantitative estimate of drug-likeness (QED) is 0.711. The van der Waals surface area contributed by atoms with E-state index >= 15 is 0 Å². The topological polar surface area (TPSA) is 37.4 Å². The van der Waals surface area contributed by atoms with E-state index in [9.17, 15) is 0 Å². The van der Waals surface area contributed by atoms with E-state index < -0.39 is 0 Å². The van der Waals surface area contributed by atoms with Gasteiger partial charge < -0.3 is 15.0 Å².